The molecule has 1 N–H and O–H groups in total. The molecule has 0 spiro atoms. The van der Waals surface area contributed by atoms with E-state index in [0.29, 0.717) is 5.56 Å². The molecule has 110 valence electrons. The van der Waals surface area contributed by atoms with E-state index in [9.17, 15) is 10.1 Å². The molecule has 0 heterocycles. The summed E-state index contributed by atoms with van der Waals surface area (Å²) in [5.74, 6) is 0. The van der Waals surface area contributed by atoms with Crippen LogP contribution in [0.5, 0.6) is 0 Å². The van der Waals surface area contributed by atoms with Crippen LogP contribution in [-0.4, -0.2) is 4.92 Å². The Labute approximate surface area is 125 Å². The molecule has 4 heteroatoms. The van der Waals surface area contributed by atoms with Crippen molar-refractivity contribution in [3.8, 4) is 0 Å². The third kappa shape index (κ3) is 3.40. The van der Waals surface area contributed by atoms with Gasteiger partial charge in [0, 0.05) is 23.4 Å². The standard InChI is InChI=1S/C17H20N2O2/c1-11-5-6-15(9-12(11)2)14(4)18-16-7-8-17(19(20)21)13(3)10-16/h5-10,14,18H,1-4H3. The van der Waals surface area contributed by atoms with Gasteiger partial charge < -0.3 is 5.32 Å². The fourth-order valence-corrected chi connectivity index (χ4v) is 2.32. The normalized spacial score (nSPS) is 12.0. The molecule has 2 aromatic carbocycles. The van der Waals surface area contributed by atoms with Gasteiger partial charge in [0.1, 0.15) is 0 Å². The van der Waals surface area contributed by atoms with Crippen LogP contribution in [0.15, 0.2) is 36.4 Å². The number of hydrogen-bond donors (Lipinski definition) is 1. The maximum Gasteiger partial charge on any atom is 0.272 e. The zero-order valence-corrected chi connectivity index (χ0v) is 12.8. The highest BCUT2D eigenvalue weighted by Gasteiger charge is 2.12. The average Bonchev–Trinajstić information content (AvgIpc) is 2.41. The first-order valence-electron chi connectivity index (χ1n) is 6.97. The lowest BCUT2D eigenvalue weighted by Gasteiger charge is -2.17. The topological polar surface area (TPSA) is 55.2 Å². The van der Waals surface area contributed by atoms with Crippen molar-refractivity contribution in [3.63, 3.8) is 0 Å². The summed E-state index contributed by atoms with van der Waals surface area (Å²) in [5, 5.41) is 14.2. The first kappa shape index (κ1) is 15.0. The lowest BCUT2D eigenvalue weighted by Crippen LogP contribution is -2.07. The smallest absolute Gasteiger partial charge is 0.272 e. The lowest BCUT2D eigenvalue weighted by molar-refractivity contribution is -0.385. The Bertz CT molecular complexity index is 680. The molecule has 4 nitrogen and oxygen atoms in total. The largest absolute Gasteiger partial charge is 0.379 e. The molecule has 0 amide bonds. The van der Waals surface area contributed by atoms with E-state index in [-0.39, 0.29) is 16.7 Å². The molecule has 0 aromatic heterocycles. The Kier molecular flexibility index (Phi) is 4.26. The summed E-state index contributed by atoms with van der Waals surface area (Å²) in [4.78, 5) is 10.5. The zero-order valence-electron chi connectivity index (χ0n) is 12.8. The highest BCUT2D eigenvalue weighted by molar-refractivity contribution is 5.54. The Morgan fingerprint density at radius 1 is 1.00 bits per heavy atom. The van der Waals surface area contributed by atoms with Crippen LogP contribution in [0, 0.1) is 30.9 Å². The van der Waals surface area contributed by atoms with Gasteiger partial charge >= 0.3 is 0 Å². The molecule has 0 saturated carbocycles. The highest BCUT2D eigenvalue weighted by atomic mass is 16.6. The van der Waals surface area contributed by atoms with Crippen LogP contribution in [0.1, 0.15) is 35.2 Å². The van der Waals surface area contributed by atoms with Crippen LogP contribution < -0.4 is 5.32 Å². The number of hydrogen-bond acceptors (Lipinski definition) is 3. The number of benzene rings is 2. The minimum absolute atomic E-state index is 0.144. The summed E-state index contributed by atoms with van der Waals surface area (Å²) in [6.07, 6.45) is 0. The zero-order chi connectivity index (χ0) is 15.6. The van der Waals surface area contributed by atoms with E-state index < -0.39 is 0 Å². The molecule has 0 aliphatic heterocycles. The van der Waals surface area contributed by atoms with E-state index in [2.05, 4.69) is 44.3 Å². The first-order chi connectivity index (χ1) is 9.88. The van der Waals surface area contributed by atoms with Crippen LogP contribution in [0.25, 0.3) is 0 Å². The van der Waals surface area contributed by atoms with Crippen molar-refractivity contribution in [2.45, 2.75) is 33.7 Å². The number of anilines is 1. The molecule has 1 unspecified atom stereocenters. The van der Waals surface area contributed by atoms with Gasteiger partial charge in [-0.25, -0.2) is 0 Å². The van der Waals surface area contributed by atoms with Gasteiger partial charge in [-0.15, -0.1) is 0 Å². The van der Waals surface area contributed by atoms with Gasteiger partial charge in [0.15, 0.2) is 0 Å². The molecule has 0 fully saturated rings. The van der Waals surface area contributed by atoms with Gasteiger partial charge in [-0.1, -0.05) is 18.2 Å². The van der Waals surface area contributed by atoms with Gasteiger partial charge in [0.05, 0.1) is 4.92 Å². The number of nitrogens with one attached hydrogen (secondary N) is 1. The molecule has 0 radical (unpaired) electrons. The quantitative estimate of drug-likeness (QED) is 0.654. The third-order valence-electron chi connectivity index (χ3n) is 3.81. The van der Waals surface area contributed by atoms with Crippen LogP contribution in [0.2, 0.25) is 0 Å². The van der Waals surface area contributed by atoms with Gasteiger partial charge in [0.25, 0.3) is 5.69 Å². The second-order valence-corrected chi connectivity index (χ2v) is 5.47. The Balaban J connectivity index is 2.19. The molecule has 0 aliphatic rings. The Morgan fingerprint density at radius 2 is 1.71 bits per heavy atom. The van der Waals surface area contributed by atoms with E-state index in [4.69, 9.17) is 0 Å². The highest BCUT2D eigenvalue weighted by Crippen LogP contribution is 2.25. The van der Waals surface area contributed by atoms with E-state index in [1.807, 2.05) is 6.07 Å². The SMILES string of the molecule is Cc1ccc(C(C)Nc2ccc([N+](=O)[O-])c(C)c2)cc1C. The molecule has 21 heavy (non-hydrogen) atoms. The van der Waals surface area contributed by atoms with E-state index in [1.54, 1.807) is 19.1 Å². The predicted octanol–water partition coefficient (Wildman–Crippen LogP) is 4.69. The number of nitro benzene ring substituents is 1. The molecular weight excluding hydrogens is 264 g/mol. The van der Waals surface area contributed by atoms with Gasteiger partial charge in [-0.2, -0.15) is 0 Å². The molecule has 0 saturated heterocycles. The number of nitro groups is 1. The van der Waals surface area contributed by atoms with Crippen molar-refractivity contribution < 1.29 is 4.92 Å². The Morgan fingerprint density at radius 3 is 2.29 bits per heavy atom. The van der Waals surface area contributed by atoms with Crippen LogP contribution in [-0.2, 0) is 0 Å². The Hall–Kier alpha value is -2.36. The van der Waals surface area contributed by atoms with Crippen molar-refractivity contribution in [1.82, 2.24) is 0 Å². The van der Waals surface area contributed by atoms with Crippen LogP contribution >= 0.6 is 0 Å². The average molecular weight is 284 g/mol. The fraction of sp³-hybridized carbons (Fsp3) is 0.294. The monoisotopic (exact) mass is 284 g/mol. The summed E-state index contributed by atoms with van der Waals surface area (Å²) < 4.78 is 0. The molecule has 1 atom stereocenters. The number of nitrogens with zero attached hydrogens (tertiary/aromatic N) is 1. The summed E-state index contributed by atoms with van der Waals surface area (Å²) in [6, 6.07) is 11.7. The van der Waals surface area contributed by atoms with Gasteiger partial charge in [-0.3, -0.25) is 10.1 Å². The summed E-state index contributed by atoms with van der Waals surface area (Å²) in [7, 11) is 0. The summed E-state index contributed by atoms with van der Waals surface area (Å²) in [6.45, 7) is 8.03. The maximum atomic E-state index is 10.8. The van der Waals surface area contributed by atoms with Crippen molar-refractivity contribution in [2.24, 2.45) is 0 Å². The second kappa shape index (κ2) is 5.95. The van der Waals surface area contributed by atoms with Crippen LogP contribution in [0.3, 0.4) is 0 Å². The molecule has 2 aromatic rings. The third-order valence-corrected chi connectivity index (χ3v) is 3.81. The fourth-order valence-electron chi connectivity index (χ4n) is 2.32. The van der Waals surface area contributed by atoms with Crippen molar-refractivity contribution in [2.75, 3.05) is 5.32 Å². The van der Waals surface area contributed by atoms with Crippen LogP contribution in [0.4, 0.5) is 11.4 Å². The maximum absolute atomic E-state index is 10.8. The van der Waals surface area contributed by atoms with Crippen molar-refractivity contribution in [3.05, 3.63) is 68.8 Å². The van der Waals surface area contributed by atoms with E-state index in [0.717, 1.165) is 5.69 Å². The van der Waals surface area contributed by atoms with Crippen molar-refractivity contribution >= 4 is 11.4 Å². The summed E-state index contributed by atoms with van der Waals surface area (Å²) in [5.41, 5.74) is 5.45. The van der Waals surface area contributed by atoms with E-state index >= 15 is 0 Å². The first-order valence-corrected chi connectivity index (χ1v) is 6.97. The van der Waals surface area contributed by atoms with Gasteiger partial charge in [-0.05, 0) is 56.5 Å². The van der Waals surface area contributed by atoms with Gasteiger partial charge in [0.2, 0.25) is 0 Å². The summed E-state index contributed by atoms with van der Waals surface area (Å²) >= 11 is 0. The molecule has 2 rings (SSSR count). The lowest BCUT2D eigenvalue weighted by atomic mass is 10.0. The number of rotatable bonds is 4. The molecule has 0 aliphatic carbocycles. The van der Waals surface area contributed by atoms with Crippen molar-refractivity contribution in [1.29, 1.82) is 0 Å². The minimum atomic E-state index is -0.355. The minimum Gasteiger partial charge on any atom is -0.379 e. The second-order valence-electron chi connectivity index (χ2n) is 5.47. The molecular formula is C17H20N2O2. The van der Waals surface area contributed by atoms with E-state index in [1.165, 1.54) is 16.7 Å². The predicted molar refractivity (Wildman–Crippen MR) is 85.8 cm³/mol. The number of aryl methyl sites for hydroxylation is 3. The molecule has 0 bridgehead atoms.